The van der Waals surface area contributed by atoms with Gasteiger partial charge in [0.25, 0.3) is 5.96 Å². The lowest BCUT2D eigenvalue weighted by Crippen LogP contribution is -2.46. The number of nitrogens with zero attached hydrogens (tertiary/aromatic N) is 5. The first kappa shape index (κ1) is 9.48. The van der Waals surface area contributed by atoms with Gasteiger partial charge in [0.1, 0.15) is 0 Å². The van der Waals surface area contributed by atoms with Crippen LogP contribution in [0, 0.1) is 6.07 Å². The second-order valence-electron chi connectivity index (χ2n) is 1.81. The Morgan fingerprint density at radius 1 is 1.71 bits per heavy atom. The van der Waals surface area contributed by atoms with E-state index in [2.05, 4.69) is 36.4 Å². The van der Waals surface area contributed by atoms with Gasteiger partial charge in [-0.3, -0.25) is 5.43 Å². The fourth-order valence-electron chi connectivity index (χ4n) is 0.467. The molecule has 1 aromatic rings. The van der Waals surface area contributed by atoms with E-state index in [9.17, 15) is 0 Å². The van der Waals surface area contributed by atoms with E-state index >= 15 is 0 Å². The molecule has 0 saturated carbocycles. The van der Waals surface area contributed by atoms with Gasteiger partial charge in [-0.15, -0.1) is 5.10 Å². The van der Waals surface area contributed by atoms with Crippen molar-refractivity contribution in [1.82, 2.24) is 31.3 Å². The number of nitrogens with two attached hydrogens (primary N) is 2. The van der Waals surface area contributed by atoms with Crippen molar-refractivity contribution in [2.75, 3.05) is 0 Å². The lowest BCUT2D eigenvalue weighted by Gasteiger charge is -2.04. The highest BCUT2D eigenvalue weighted by Gasteiger charge is 2.04. The summed E-state index contributed by atoms with van der Waals surface area (Å²) in [6, 6.07) is 1.90. The van der Waals surface area contributed by atoms with Gasteiger partial charge in [-0.2, -0.15) is 5.48 Å². The summed E-state index contributed by atoms with van der Waals surface area (Å²) in [5.41, 5.74) is 4.26. The van der Waals surface area contributed by atoms with E-state index in [1.165, 1.54) is 0 Å². The number of hydrogen-bond acceptors (Lipinski definition) is 7. The van der Waals surface area contributed by atoms with Crippen molar-refractivity contribution in [2.45, 2.75) is 0 Å². The Morgan fingerprint density at radius 3 is 3.00 bits per heavy atom. The van der Waals surface area contributed by atoms with E-state index in [1.54, 1.807) is 0 Å². The Balaban J connectivity index is 2.50. The Labute approximate surface area is 77.2 Å². The normalized spacial score (nSPS) is 10.4. The van der Waals surface area contributed by atoms with Gasteiger partial charge in [-0.1, -0.05) is 15.5 Å². The Kier molecular flexibility index (Phi) is 3.00. The molecule has 1 rings (SSSR count). The average Bonchev–Trinajstić information content (AvgIpc) is 2.67. The minimum Gasteiger partial charge on any atom is -0.320 e. The smallest absolute Gasteiger partial charge is 0.320 e. The van der Waals surface area contributed by atoms with Crippen LogP contribution in [-0.4, -0.2) is 26.3 Å². The molecule has 0 aliphatic heterocycles. The second kappa shape index (κ2) is 4.42. The Morgan fingerprint density at radius 2 is 2.50 bits per heavy atom. The first-order chi connectivity index (χ1) is 6.80. The number of hydrazine groups is 1. The minimum atomic E-state index is -0.0392. The summed E-state index contributed by atoms with van der Waals surface area (Å²) in [6.07, 6.45) is 0. The van der Waals surface area contributed by atoms with E-state index in [1.807, 2.05) is 6.07 Å². The van der Waals surface area contributed by atoms with Crippen molar-refractivity contribution in [1.29, 1.82) is 0 Å². The molecule has 11 heteroatoms. The minimum absolute atomic E-state index is 0.0289. The van der Waals surface area contributed by atoms with Gasteiger partial charge in [-0.25, -0.2) is 10.8 Å². The third kappa shape index (κ3) is 2.19. The predicted octanol–water partition coefficient (Wildman–Crippen LogP) is -5.58. The highest BCUT2D eigenvalue weighted by Crippen LogP contribution is 1.76. The summed E-state index contributed by atoms with van der Waals surface area (Å²) >= 11 is 0. The highest BCUT2D eigenvalue weighted by molar-refractivity contribution is 5.77. The molecule has 1 aromatic heterocycles. The number of tetrazole rings is 1. The zero-order valence-electron chi connectivity index (χ0n) is 6.80. The number of hydroxylamine groups is 1. The maximum atomic E-state index is 6.67. The molecule has 0 spiro atoms. The number of hydrogen-bond donors (Lipinski definition) is 5. The van der Waals surface area contributed by atoms with Gasteiger partial charge in [0.05, 0.1) is 0 Å². The standard InChI is InChI=1S/C3H6N10O/c4-1-2-9-12-13(10-2)14-11-3(7-5)8-6/h5-6H2,(H2,7,8,11)/p+1. The molecular formula is C3H7N10O+. The zero-order chi connectivity index (χ0) is 10.4. The SMILES string of the molecule is [NH+]#Cc1nnn(ONC(=NN)NN)n1. The van der Waals surface area contributed by atoms with Crippen molar-refractivity contribution < 1.29 is 10.2 Å². The molecule has 0 unspecified atom stereocenters. The molecule has 0 aromatic carbocycles. The van der Waals surface area contributed by atoms with Crippen molar-refractivity contribution in [2.24, 2.45) is 16.8 Å². The van der Waals surface area contributed by atoms with Gasteiger partial charge in [-0.05, 0) is 5.21 Å². The summed E-state index contributed by atoms with van der Waals surface area (Å²) in [7, 11) is 0. The first-order valence-electron chi connectivity index (χ1n) is 3.20. The van der Waals surface area contributed by atoms with E-state index < -0.39 is 0 Å². The topological polar surface area (TPSA) is 165 Å². The maximum Gasteiger partial charge on any atom is 0.353 e. The van der Waals surface area contributed by atoms with Crippen LogP contribution in [0.15, 0.2) is 5.10 Å². The molecule has 0 amide bonds. The lowest BCUT2D eigenvalue weighted by molar-refractivity contribution is -0.0917. The maximum absolute atomic E-state index is 6.67. The van der Waals surface area contributed by atoms with Gasteiger partial charge >= 0.3 is 11.9 Å². The monoisotopic (exact) mass is 199 g/mol. The van der Waals surface area contributed by atoms with Crippen LogP contribution in [-0.2, 0) is 0 Å². The van der Waals surface area contributed by atoms with Crippen molar-refractivity contribution in [3.05, 3.63) is 5.82 Å². The third-order valence-corrected chi connectivity index (χ3v) is 0.998. The predicted molar refractivity (Wildman–Crippen MR) is 40.4 cm³/mol. The van der Waals surface area contributed by atoms with Gasteiger partial charge in [0.15, 0.2) is 0 Å². The molecule has 0 fully saturated rings. The summed E-state index contributed by atoms with van der Waals surface area (Å²) in [4.78, 5) is 5.33. The molecule has 1 heterocycles. The van der Waals surface area contributed by atoms with Gasteiger partial charge in [0.2, 0.25) is 0 Å². The van der Waals surface area contributed by atoms with E-state index in [0.717, 1.165) is 0 Å². The van der Waals surface area contributed by atoms with Crippen LogP contribution in [0.25, 0.3) is 0 Å². The average molecular weight is 199 g/mol. The molecule has 0 aliphatic carbocycles. The molecule has 0 bridgehead atoms. The Hall–Kier alpha value is -2.61. The van der Waals surface area contributed by atoms with Crippen LogP contribution in [0.2, 0.25) is 0 Å². The van der Waals surface area contributed by atoms with Crippen LogP contribution in [0.3, 0.4) is 0 Å². The van der Waals surface area contributed by atoms with Crippen LogP contribution >= 0.6 is 0 Å². The fraction of sp³-hybridized carbons (Fsp3) is 0. The molecule has 0 aliphatic rings. The summed E-state index contributed by atoms with van der Waals surface area (Å²) < 4.78 is 0. The first-order valence-corrected chi connectivity index (χ1v) is 3.20. The Bertz CT molecular complexity index is 360. The van der Waals surface area contributed by atoms with Crippen LogP contribution in [0.5, 0.6) is 0 Å². The molecule has 11 nitrogen and oxygen atoms in total. The molecule has 74 valence electrons. The van der Waals surface area contributed by atoms with Crippen LogP contribution < -0.4 is 32.8 Å². The van der Waals surface area contributed by atoms with Crippen molar-refractivity contribution >= 4 is 5.96 Å². The van der Waals surface area contributed by atoms with E-state index in [4.69, 9.17) is 16.9 Å². The fourth-order valence-corrected chi connectivity index (χ4v) is 0.467. The number of rotatable bonds is 2. The second-order valence-corrected chi connectivity index (χ2v) is 1.81. The summed E-state index contributed by atoms with van der Waals surface area (Å²) in [6.45, 7) is 0. The molecule has 0 atom stereocenters. The number of nitrogens with one attached hydrogen (secondary N) is 3. The van der Waals surface area contributed by atoms with Crippen molar-refractivity contribution in [3.63, 3.8) is 0 Å². The molecule has 14 heavy (non-hydrogen) atoms. The lowest BCUT2D eigenvalue weighted by atomic mass is 10.7. The summed E-state index contributed by atoms with van der Waals surface area (Å²) in [5.74, 6) is 9.77. The molecule has 0 saturated heterocycles. The quantitative estimate of drug-likeness (QED) is 0.136. The van der Waals surface area contributed by atoms with Gasteiger partial charge in [0, 0.05) is 4.96 Å². The number of guanidine groups is 1. The third-order valence-electron chi connectivity index (χ3n) is 0.998. The van der Waals surface area contributed by atoms with Gasteiger partial charge < -0.3 is 5.84 Å². The van der Waals surface area contributed by atoms with Crippen LogP contribution in [0.1, 0.15) is 5.82 Å². The van der Waals surface area contributed by atoms with Crippen molar-refractivity contribution in [3.8, 4) is 6.07 Å². The largest absolute Gasteiger partial charge is 0.353 e. The number of aromatic nitrogens is 4. The van der Waals surface area contributed by atoms with E-state index in [-0.39, 0.29) is 11.8 Å². The van der Waals surface area contributed by atoms with E-state index in [0.29, 0.717) is 4.96 Å². The zero-order valence-corrected chi connectivity index (χ0v) is 6.80. The number of hydrazone groups is 1. The van der Waals surface area contributed by atoms with Crippen LogP contribution in [0.4, 0.5) is 0 Å². The molecule has 7 N–H and O–H groups in total. The summed E-state index contributed by atoms with van der Waals surface area (Å²) in [5, 5.41) is 20.1. The molecule has 0 radical (unpaired) electrons. The highest BCUT2D eigenvalue weighted by atomic mass is 16.8. The molecular weight excluding hydrogens is 192 g/mol.